The maximum absolute atomic E-state index is 12.1. The fraction of sp³-hybridized carbons (Fsp3) is 0.450. The van der Waals surface area contributed by atoms with Crippen LogP contribution in [-0.4, -0.2) is 52.7 Å². The predicted molar refractivity (Wildman–Crippen MR) is 112 cm³/mol. The molecule has 8 heteroatoms. The molecule has 1 fully saturated rings. The molecule has 28 heavy (non-hydrogen) atoms. The zero-order valence-electron chi connectivity index (χ0n) is 16.5. The summed E-state index contributed by atoms with van der Waals surface area (Å²) in [5.41, 5.74) is 2.00. The Morgan fingerprint density at radius 1 is 1.36 bits per heavy atom. The highest BCUT2D eigenvalue weighted by atomic mass is 35.5. The third-order valence-corrected chi connectivity index (χ3v) is 5.00. The van der Waals surface area contributed by atoms with E-state index >= 15 is 0 Å². The van der Waals surface area contributed by atoms with Gasteiger partial charge in [0.15, 0.2) is 5.96 Å². The zero-order valence-corrected chi connectivity index (χ0v) is 17.3. The summed E-state index contributed by atoms with van der Waals surface area (Å²) in [5.74, 6) is 0.971. The van der Waals surface area contributed by atoms with Crippen molar-refractivity contribution in [3.05, 3.63) is 47.2 Å². The van der Waals surface area contributed by atoms with Crippen LogP contribution in [0.4, 0.5) is 0 Å². The van der Waals surface area contributed by atoms with E-state index in [0.717, 1.165) is 30.2 Å². The molecule has 0 radical (unpaired) electrons. The number of likely N-dealkylation sites (tertiary alicyclic amines) is 1. The molecule has 1 unspecified atom stereocenters. The van der Waals surface area contributed by atoms with Crippen LogP contribution >= 0.6 is 11.6 Å². The van der Waals surface area contributed by atoms with Gasteiger partial charge in [-0.3, -0.25) is 9.79 Å². The number of halogens is 1. The van der Waals surface area contributed by atoms with Gasteiger partial charge in [-0.25, -0.2) is 4.68 Å². The summed E-state index contributed by atoms with van der Waals surface area (Å²) < 4.78 is 1.82. The minimum Gasteiger partial charge on any atom is -0.352 e. The summed E-state index contributed by atoms with van der Waals surface area (Å²) in [6.07, 6.45) is 4.73. The molecule has 1 aliphatic rings. The van der Waals surface area contributed by atoms with Crippen LogP contribution in [0, 0.1) is 5.92 Å². The number of hydrogen-bond donors (Lipinski definition) is 2. The number of aliphatic imine (C=N–C) groups is 1. The summed E-state index contributed by atoms with van der Waals surface area (Å²) in [5, 5.41) is 11.8. The molecule has 0 saturated carbocycles. The third-order valence-electron chi connectivity index (χ3n) is 4.75. The predicted octanol–water partition coefficient (Wildman–Crippen LogP) is 2.45. The van der Waals surface area contributed by atoms with Crippen LogP contribution in [0.3, 0.4) is 0 Å². The molecule has 2 aromatic rings. The maximum atomic E-state index is 12.1. The number of nitrogens with zero attached hydrogens (tertiary/aromatic N) is 4. The highest BCUT2D eigenvalue weighted by Gasteiger charge is 2.27. The first-order valence-electron chi connectivity index (χ1n) is 9.51. The first-order valence-corrected chi connectivity index (χ1v) is 9.89. The van der Waals surface area contributed by atoms with Gasteiger partial charge in [-0.2, -0.15) is 5.10 Å². The second-order valence-corrected chi connectivity index (χ2v) is 7.70. The minimum absolute atomic E-state index is 0.0355. The molecule has 0 bridgehead atoms. The molecule has 2 heterocycles. The molecule has 0 aliphatic carbocycles. The van der Waals surface area contributed by atoms with Crippen molar-refractivity contribution in [2.24, 2.45) is 10.9 Å². The van der Waals surface area contributed by atoms with Crippen molar-refractivity contribution >= 4 is 23.5 Å². The van der Waals surface area contributed by atoms with Crippen LogP contribution in [0.15, 0.2) is 41.7 Å². The van der Waals surface area contributed by atoms with Gasteiger partial charge in [0.25, 0.3) is 0 Å². The standard InChI is InChI=1S/C20H27ClN6O/c1-14(2)19(28)26-9-8-17(13-26)25-20(22-3)23-10-15-11-24-27(12-15)18-6-4-16(21)5-7-18/h4-7,11-12,14,17H,8-10,13H2,1-3H3,(H2,22,23,25). The van der Waals surface area contributed by atoms with Crippen LogP contribution in [0.1, 0.15) is 25.8 Å². The Morgan fingerprint density at radius 2 is 2.11 bits per heavy atom. The van der Waals surface area contributed by atoms with E-state index in [0.29, 0.717) is 18.1 Å². The molecular weight excluding hydrogens is 376 g/mol. The van der Waals surface area contributed by atoms with Crippen molar-refractivity contribution < 1.29 is 4.79 Å². The summed E-state index contributed by atoms with van der Waals surface area (Å²) in [6.45, 7) is 5.99. The first-order chi connectivity index (χ1) is 13.5. The number of benzene rings is 1. The Labute approximate surface area is 170 Å². The topological polar surface area (TPSA) is 74.6 Å². The lowest BCUT2D eigenvalue weighted by molar-refractivity contribution is -0.133. The van der Waals surface area contributed by atoms with E-state index in [4.69, 9.17) is 11.6 Å². The van der Waals surface area contributed by atoms with Gasteiger partial charge < -0.3 is 15.5 Å². The highest BCUT2D eigenvalue weighted by Crippen LogP contribution is 2.14. The van der Waals surface area contributed by atoms with E-state index < -0.39 is 0 Å². The Bertz CT molecular complexity index is 829. The lowest BCUT2D eigenvalue weighted by Gasteiger charge is -2.20. The normalized spacial score (nSPS) is 17.2. The SMILES string of the molecule is CN=C(NCc1cnn(-c2ccc(Cl)cc2)c1)NC1CCN(C(=O)C(C)C)C1. The average Bonchev–Trinajstić information content (AvgIpc) is 3.34. The number of carbonyl (C=O) groups is 1. The van der Waals surface area contributed by atoms with E-state index in [9.17, 15) is 4.79 Å². The van der Waals surface area contributed by atoms with E-state index in [1.165, 1.54) is 0 Å². The third kappa shape index (κ3) is 5.04. The molecule has 1 atom stereocenters. The molecule has 1 aromatic heterocycles. The molecule has 1 amide bonds. The van der Waals surface area contributed by atoms with Gasteiger partial charge in [0, 0.05) is 55.4 Å². The van der Waals surface area contributed by atoms with Crippen LogP contribution in [0.5, 0.6) is 0 Å². The molecule has 0 spiro atoms. The number of rotatable bonds is 5. The van der Waals surface area contributed by atoms with Gasteiger partial charge in [-0.1, -0.05) is 25.4 Å². The zero-order chi connectivity index (χ0) is 20.1. The molecular formula is C20H27ClN6O. The fourth-order valence-corrected chi connectivity index (χ4v) is 3.33. The summed E-state index contributed by atoms with van der Waals surface area (Å²) in [6, 6.07) is 7.76. The second-order valence-electron chi connectivity index (χ2n) is 7.26. The minimum atomic E-state index is 0.0355. The van der Waals surface area contributed by atoms with Crippen molar-refractivity contribution in [2.75, 3.05) is 20.1 Å². The Kier molecular flexibility index (Phi) is 6.57. The van der Waals surface area contributed by atoms with Gasteiger partial charge in [-0.15, -0.1) is 0 Å². The monoisotopic (exact) mass is 402 g/mol. The lowest BCUT2D eigenvalue weighted by atomic mass is 10.2. The number of amides is 1. The van der Waals surface area contributed by atoms with Gasteiger partial charge in [0.05, 0.1) is 11.9 Å². The quantitative estimate of drug-likeness (QED) is 0.595. The van der Waals surface area contributed by atoms with Crippen LogP contribution < -0.4 is 10.6 Å². The smallest absolute Gasteiger partial charge is 0.225 e. The fourth-order valence-electron chi connectivity index (χ4n) is 3.20. The molecule has 3 rings (SSSR count). The number of nitrogens with one attached hydrogen (secondary N) is 2. The highest BCUT2D eigenvalue weighted by molar-refractivity contribution is 6.30. The summed E-state index contributed by atoms with van der Waals surface area (Å²) >= 11 is 5.93. The molecule has 1 saturated heterocycles. The van der Waals surface area contributed by atoms with Gasteiger partial charge in [0.2, 0.25) is 5.91 Å². The van der Waals surface area contributed by atoms with E-state index in [2.05, 4.69) is 20.7 Å². The number of aromatic nitrogens is 2. The second kappa shape index (κ2) is 9.10. The van der Waals surface area contributed by atoms with Crippen LogP contribution in [-0.2, 0) is 11.3 Å². The molecule has 1 aromatic carbocycles. The summed E-state index contributed by atoms with van der Waals surface area (Å²) in [4.78, 5) is 18.3. The Hall–Kier alpha value is -2.54. The number of carbonyl (C=O) groups excluding carboxylic acids is 1. The van der Waals surface area contributed by atoms with Gasteiger partial charge in [-0.05, 0) is 30.7 Å². The van der Waals surface area contributed by atoms with E-state index in [1.54, 1.807) is 7.05 Å². The molecule has 2 N–H and O–H groups in total. The number of hydrogen-bond acceptors (Lipinski definition) is 3. The van der Waals surface area contributed by atoms with Crippen LogP contribution in [0.25, 0.3) is 5.69 Å². The largest absolute Gasteiger partial charge is 0.352 e. The van der Waals surface area contributed by atoms with E-state index in [1.807, 2.05) is 60.1 Å². The van der Waals surface area contributed by atoms with Gasteiger partial charge >= 0.3 is 0 Å². The Morgan fingerprint density at radius 3 is 2.79 bits per heavy atom. The Balaban J connectivity index is 1.51. The van der Waals surface area contributed by atoms with E-state index in [-0.39, 0.29) is 17.9 Å². The van der Waals surface area contributed by atoms with Crippen molar-refractivity contribution in [3.63, 3.8) is 0 Å². The van der Waals surface area contributed by atoms with Crippen LogP contribution in [0.2, 0.25) is 5.02 Å². The lowest BCUT2D eigenvalue weighted by Crippen LogP contribution is -2.45. The van der Waals surface area contributed by atoms with Crippen molar-refractivity contribution in [1.82, 2.24) is 25.3 Å². The van der Waals surface area contributed by atoms with Gasteiger partial charge in [0.1, 0.15) is 0 Å². The van der Waals surface area contributed by atoms with Crippen molar-refractivity contribution in [3.8, 4) is 5.69 Å². The summed E-state index contributed by atoms with van der Waals surface area (Å²) in [7, 11) is 1.75. The average molecular weight is 403 g/mol. The van der Waals surface area contributed by atoms with Crippen molar-refractivity contribution in [1.29, 1.82) is 0 Å². The number of guanidine groups is 1. The molecule has 1 aliphatic heterocycles. The van der Waals surface area contributed by atoms with Crippen molar-refractivity contribution in [2.45, 2.75) is 32.9 Å². The molecule has 7 nitrogen and oxygen atoms in total. The first kappa shape index (κ1) is 20.2. The molecule has 150 valence electrons. The maximum Gasteiger partial charge on any atom is 0.225 e.